The topological polar surface area (TPSA) is 62.2 Å². The molecule has 0 saturated heterocycles. The molecule has 0 bridgehead atoms. The van der Waals surface area contributed by atoms with E-state index in [-0.39, 0.29) is 11.5 Å². The van der Waals surface area contributed by atoms with Gasteiger partial charge < -0.3 is 10.4 Å². The van der Waals surface area contributed by atoms with Gasteiger partial charge in [0.1, 0.15) is 11.9 Å². The maximum absolute atomic E-state index is 13.8. The number of hydrogen-bond donors (Lipinski definition) is 2. The fraction of sp³-hybridized carbons (Fsp3) is 0.294. The molecule has 1 amide bonds. The van der Waals surface area contributed by atoms with Crippen molar-refractivity contribution in [2.24, 2.45) is 5.41 Å². The van der Waals surface area contributed by atoms with Crippen LogP contribution in [0.2, 0.25) is 0 Å². The van der Waals surface area contributed by atoms with Crippen molar-refractivity contribution in [2.75, 3.05) is 5.32 Å². The number of nitrogens with one attached hydrogen (secondary N) is 1. The monoisotopic (exact) mass is 302 g/mol. The van der Waals surface area contributed by atoms with Crippen LogP contribution in [0.15, 0.2) is 42.7 Å². The summed E-state index contributed by atoms with van der Waals surface area (Å²) < 4.78 is 13.8. The number of aromatic nitrogens is 1. The molecule has 1 atom stereocenters. The third-order valence-electron chi connectivity index (χ3n) is 3.28. The zero-order valence-corrected chi connectivity index (χ0v) is 12.8. The van der Waals surface area contributed by atoms with E-state index in [0.717, 1.165) is 0 Å². The highest BCUT2D eigenvalue weighted by atomic mass is 19.1. The predicted octanol–water partition coefficient (Wildman–Crippen LogP) is 3.29. The molecule has 0 spiro atoms. The average molecular weight is 302 g/mol. The molecule has 0 aliphatic rings. The molecule has 116 valence electrons. The predicted molar refractivity (Wildman–Crippen MR) is 82.8 cm³/mol. The first-order chi connectivity index (χ1) is 10.3. The van der Waals surface area contributed by atoms with Crippen LogP contribution < -0.4 is 5.32 Å². The van der Waals surface area contributed by atoms with Crippen LogP contribution in [-0.2, 0) is 4.79 Å². The van der Waals surface area contributed by atoms with Gasteiger partial charge in [-0.05, 0) is 12.1 Å². The molecule has 5 heteroatoms. The highest BCUT2D eigenvalue weighted by molar-refractivity contribution is 5.95. The number of rotatable bonds is 3. The summed E-state index contributed by atoms with van der Waals surface area (Å²) in [5.74, 6) is -0.706. The zero-order valence-electron chi connectivity index (χ0n) is 12.8. The SMILES string of the molecule is CC(C)(C)C(=O)Nc1cnccc1C(O)c1ccccc1F. The Morgan fingerprint density at radius 2 is 1.91 bits per heavy atom. The highest BCUT2D eigenvalue weighted by Crippen LogP contribution is 2.30. The van der Waals surface area contributed by atoms with Gasteiger partial charge in [-0.15, -0.1) is 0 Å². The van der Waals surface area contributed by atoms with Crippen LogP contribution in [0.4, 0.5) is 10.1 Å². The summed E-state index contributed by atoms with van der Waals surface area (Å²) in [5, 5.41) is 13.2. The summed E-state index contributed by atoms with van der Waals surface area (Å²) in [4.78, 5) is 16.1. The number of halogens is 1. The number of pyridine rings is 1. The molecular weight excluding hydrogens is 283 g/mol. The Kier molecular flexibility index (Phi) is 4.56. The van der Waals surface area contributed by atoms with Crippen LogP contribution in [0, 0.1) is 11.2 Å². The minimum Gasteiger partial charge on any atom is -0.383 e. The summed E-state index contributed by atoms with van der Waals surface area (Å²) in [5.41, 5.74) is 0.339. The van der Waals surface area contributed by atoms with Crippen LogP contribution in [-0.4, -0.2) is 16.0 Å². The first kappa shape index (κ1) is 16.1. The van der Waals surface area contributed by atoms with E-state index in [2.05, 4.69) is 10.3 Å². The Labute approximate surface area is 129 Å². The van der Waals surface area contributed by atoms with Crippen LogP contribution in [0.3, 0.4) is 0 Å². The van der Waals surface area contributed by atoms with E-state index in [0.29, 0.717) is 11.3 Å². The van der Waals surface area contributed by atoms with E-state index in [1.54, 1.807) is 39.0 Å². The standard InChI is InChI=1S/C17H19FN2O2/c1-17(2,3)16(22)20-14-10-19-9-8-12(14)15(21)11-6-4-5-7-13(11)18/h4-10,15,21H,1-3H3,(H,20,22). The number of aliphatic hydroxyl groups excluding tert-OH is 1. The quantitative estimate of drug-likeness (QED) is 0.914. The van der Waals surface area contributed by atoms with Crippen LogP contribution in [0.1, 0.15) is 38.0 Å². The van der Waals surface area contributed by atoms with Crippen molar-refractivity contribution < 1.29 is 14.3 Å². The molecule has 0 radical (unpaired) electrons. The van der Waals surface area contributed by atoms with Gasteiger partial charge in [-0.3, -0.25) is 9.78 Å². The Balaban J connectivity index is 2.37. The van der Waals surface area contributed by atoms with Gasteiger partial charge in [0.15, 0.2) is 0 Å². The minimum absolute atomic E-state index is 0.153. The lowest BCUT2D eigenvalue weighted by Gasteiger charge is -2.21. The van der Waals surface area contributed by atoms with Crippen molar-refractivity contribution in [1.82, 2.24) is 4.98 Å². The Morgan fingerprint density at radius 1 is 1.23 bits per heavy atom. The molecule has 1 heterocycles. The number of hydrogen-bond acceptors (Lipinski definition) is 3. The van der Waals surface area contributed by atoms with E-state index in [1.165, 1.54) is 24.5 Å². The summed E-state index contributed by atoms with van der Waals surface area (Å²) in [6.45, 7) is 5.35. The van der Waals surface area contributed by atoms with E-state index in [9.17, 15) is 14.3 Å². The third kappa shape index (κ3) is 3.49. The first-order valence-electron chi connectivity index (χ1n) is 6.98. The molecule has 0 aliphatic carbocycles. The molecule has 1 aromatic carbocycles. The molecule has 0 saturated carbocycles. The van der Waals surface area contributed by atoms with Crippen molar-refractivity contribution in [3.05, 3.63) is 59.7 Å². The molecule has 2 rings (SSSR count). The number of nitrogens with zero attached hydrogens (tertiary/aromatic N) is 1. The normalized spacial score (nSPS) is 12.8. The van der Waals surface area contributed by atoms with Crippen molar-refractivity contribution in [3.63, 3.8) is 0 Å². The molecule has 1 aromatic heterocycles. The fourth-order valence-corrected chi connectivity index (χ4v) is 1.92. The Morgan fingerprint density at radius 3 is 2.55 bits per heavy atom. The Bertz CT molecular complexity index is 680. The van der Waals surface area contributed by atoms with E-state index >= 15 is 0 Å². The summed E-state index contributed by atoms with van der Waals surface area (Å²) in [6.07, 6.45) is 1.76. The summed E-state index contributed by atoms with van der Waals surface area (Å²) in [6, 6.07) is 7.56. The van der Waals surface area contributed by atoms with Gasteiger partial charge in [0.2, 0.25) is 5.91 Å². The lowest BCUT2D eigenvalue weighted by Crippen LogP contribution is -2.28. The Hall–Kier alpha value is -2.27. The third-order valence-corrected chi connectivity index (χ3v) is 3.28. The molecule has 2 N–H and O–H groups in total. The number of carbonyl (C=O) groups is 1. The van der Waals surface area contributed by atoms with Crippen molar-refractivity contribution >= 4 is 11.6 Å². The van der Waals surface area contributed by atoms with Crippen molar-refractivity contribution in [1.29, 1.82) is 0 Å². The van der Waals surface area contributed by atoms with Gasteiger partial charge in [-0.2, -0.15) is 0 Å². The molecule has 22 heavy (non-hydrogen) atoms. The summed E-state index contributed by atoms with van der Waals surface area (Å²) in [7, 11) is 0. The second kappa shape index (κ2) is 6.23. The van der Waals surface area contributed by atoms with Gasteiger partial charge >= 0.3 is 0 Å². The van der Waals surface area contributed by atoms with Gasteiger partial charge in [-0.1, -0.05) is 39.0 Å². The molecular formula is C17H19FN2O2. The number of amides is 1. The van der Waals surface area contributed by atoms with E-state index in [1.807, 2.05) is 0 Å². The fourth-order valence-electron chi connectivity index (χ4n) is 1.92. The lowest BCUT2D eigenvalue weighted by molar-refractivity contribution is -0.123. The van der Waals surface area contributed by atoms with E-state index in [4.69, 9.17) is 0 Å². The van der Waals surface area contributed by atoms with Gasteiger partial charge in [0.25, 0.3) is 0 Å². The van der Waals surface area contributed by atoms with Crippen LogP contribution in [0.25, 0.3) is 0 Å². The number of carbonyl (C=O) groups excluding carboxylic acids is 1. The first-order valence-corrected chi connectivity index (χ1v) is 6.98. The zero-order chi connectivity index (χ0) is 16.3. The molecule has 1 unspecified atom stereocenters. The second-order valence-corrected chi connectivity index (χ2v) is 6.09. The van der Waals surface area contributed by atoms with Crippen LogP contribution >= 0.6 is 0 Å². The van der Waals surface area contributed by atoms with Gasteiger partial charge in [0, 0.05) is 22.7 Å². The number of benzene rings is 1. The minimum atomic E-state index is -1.18. The molecule has 0 aliphatic heterocycles. The number of aliphatic hydroxyl groups is 1. The van der Waals surface area contributed by atoms with Gasteiger partial charge in [-0.25, -0.2) is 4.39 Å². The molecule has 4 nitrogen and oxygen atoms in total. The van der Waals surface area contributed by atoms with Crippen LogP contribution in [0.5, 0.6) is 0 Å². The van der Waals surface area contributed by atoms with Crippen molar-refractivity contribution in [3.8, 4) is 0 Å². The average Bonchev–Trinajstić information content (AvgIpc) is 2.46. The lowest BCUT2D eigenvalue weighted by atomic mass is 9.95. The van der Waals surface area contributed by atoms with E-state index < -0.39 is 17.3 Å². The maximum Gasteiger partial charge on any atom is 0.229 e. The summed E-state index contributed by atoms with van der Waals surface area (Å²) >= 11 is 0. The number of anilines is 1. The molecule has 2 aromatic rings. The molecule has 0 fully saturated rings. The second-order valence-electron chi connectivity index (χ2n) is 6.09. The smallest absolute Gasteiger partial charge is 0.229 e. The highest BCUT2D eigenvalue weighted by Gasteiger charge is 2.24. The van der Waals surface area contributed by atoms with Crippen molar-refractivity contribution in [2.45, 2.75) is 26.9 Å². The maximum atomic E-state index is 13.8. The van der Waals surface area contributed by atoms with Gasteiger partial charge in [0.05, 0.1) is 11.9 Å². The largest absolute Gasteiger partial charge is 0.383 e.